The monoisotopic (exact) mass is 211 g/mol. The summed E-state index contributed by atoms with van der Waals surface area (Å²) in [5, 5.41) is 10.7. The van der Waals surface area contributed by atoms with Crippen molar-refractivity contribution in [2.24, 2.45) is 0 Å². The Kier molecular flexibility index (Phi) is 4.59. The van der Waals surface area contributed by atoms with Crippen molar-refractivity contribution in [2.75, 3.05) is 6.73 Å². The summed E-state index contributed by atoms with van der Waals surface area (Å²) < 4.78 is 5.21. The van der Waals surface area contributed by atoms with Crippen LogP contribution in [0.1, 0.15) is 12.5 Å². The molecule has 0 unspecified atom stereocenters. The number of ether oxygens (including phenoxy) is 1. The van der Waals surface area contributed by atoms with E-state index in [1.54, 1.807) is 24.3 Å². The van der Waals surface area contributed by atoms with E-state index in [2.05, 4.69) is 10.2 Å². The summed E-state index contributed by atoms with van der Waals surface area (Å²) in [5.41, 5.74) is 0.837. The van der Waals surface area contributed by atoms with Gasteiger partial charge in [0.2, 0.25) is 5.91 Å². The predicted octanol–water partition coefficient (Wildman–Crippen LogP) is 1.15. The van der Waals surface area contributed by atoms with Gasteiger partial charge in [0.15, 0.2) is 6.73 Å². The molecule has 5 heteroatoms. The molecular formula is C10H13NO4. The second-order valence-electron chi connectivity index (χ2n) is 2.94. The summed E-state index contributed by atoms with van der Waals surface area (Å²) in [7, 11) is 0. The molecule has 0 heterocycles. The quantitative estimate of drug-likeness (QED) is 0.435. The van der Waals surface area contributed by atoms with Crippen LogP contribution in [0.25, 0.3) is 0 Å². The van der Waals surface area contributed by atoms with Gasteiger partial charge in [-0.1, -0.05) is 12.1 Å². The number of hydrogen-bond acceptors (Lipinski definition) is 4. The molecule has 2 N–H and O–H groups in total. The SMILES string of the molecule is CC(=O)NCOc1ccc(COO)cc1. The Bertz CT molecular complexity index is 310. The molecule has 5 nitrogen and oxygen atoms in total. The summed E-state index contributed by atoms with van der Waals surface area (Å²) in [6.07, 6.45) is 0. The third kappa shape index (κ3) is 4.44. The minimum atomic E-state index is -0.139. The van der Waals surface area contributed by atoms with E-state index in [4.69, 9.17) is 9.99 Å². The Labute approximate surface area is 87.6 Å². The van der Waals surface area contributed by atoms with Crippen LogP contribution in [0.2, 0.25) is 0 Å². The first-order valence-corrected chi connectivity index (χ1v) is 4.45. The second kappa shape index (κ2) is 6.00. The van der Waals surface area contributed by atoms with Gasteiger partial charge in [-0.3, -0.25) is 10.1 Å². The second-order valence-corrected chi connectivity index (χ2v) is 2.94. The van der Waals surface area contributed by atoms with Crippen molar-refractivity contribution in [1.29, 1.82) is 0 Å². The van der Waals surface area contributed by atoms with E-state index in [1.807, 2.05) is 0 Å². The fourth-order valence-corrected chi connectivity index (χ4v) is 0.977. The molecule has 82 valence electrons. The van der Waals surface area contributed by atoms with Crippen molar-refractivity contribution in [3.05, 3.63) is 29.8 Å². The van der Waals surface area contributed by atoms with Gasteiger partial charge in [0.1, 0.15) is 12.4 Å². The van der Waals surface area contributed by atoms with Gasteiger partial charge in [0, 0.05) is 6.92 Å². The number of amides is 1. The van der Waals surface area contributed by atoms with Crippen LogP contribution in [0.15, 0.2) is 24.3 Å². The van der Waals surface area contributed by atoms with E-state index in [9.17, 15) is 4.79 Å². The molecule has 1 aromatic carbocycles. The molecule has 0 bridgehead atoms. The highest BCUT2D eigenvalue weighted by Crippen LogP contribution is 2.12. The van der Waals surface area contributed by atoms with Gasteiger partial charge in [-0.25, -0.2) is 4.89 Å². The van der Waals surface area contributed by atoms with Crippen LogP contribution in [-0.2, 0) is 16.3 Å². The number of nitrogens with one attached hydrogen (secondary N) is 1. The van der Waals surface area contributed by atoms with E-state index in [-0.39, 0.29) is 19.2 Å². The molecule has 15 heavy (non-hydrogen) atoms. The van der Waals surface area contributed by atoms with E-state index in [0.717, 1.165) is 5.56 Å². The van der Waals surface area contributed by atoms with Crippen LogP contribution in [0.4, 0.5) is 0 Å². The fourth-order valence-electron chi connectivity index (χ4n) is 0.977. The lowest BCUT2D eigenvalue weighted by atomic mass is 10.2. The van der Waals surface area contributed by atoms with Crippen molar-refractivity contribution in [3.8, 4) is 5.75 Å². The van der Waals surface area contributed by atoms with Crippen LogP contribution >= 0.6 is 0 Å². The smallest absolute Gasteiger partial charge is 0.219 e. The zero-order chi connectivity index (χ0) is 11.1. The van der Waals surface area contributed by atoms with Crippen LogP contribution in [0.5, 0.6) is 5.75 Å². The molecule has 0 spiro atoms. The number of carbonyl (C=O) groups is 1. The van der Waals surface area contributed by atoms with E-state index >= 15 is 0 Å². The molecule has 1 aromatic rings. The van der Waals surface area contributed by atoms with Crippen LogP contribution in [-0.4, -0.2) is 17.9 Å². The van der Waals surface area contributed by atoms with Crippen LogP contribution < -0.4 is 10.1 Å². The maximum absolute atomic E-state index is 10.5. The number of benzene rings is 1. The Morgan fingerprint density at radius 1 is 1.40 bits per heavy atom. The molecular weight excluding hydrogens is 198 g/mol. The number of carbonyl (C=O) groups excluding carboxylic acids is 1. The zero-order valence-corrected chi connectivity index (χ0v) is 8.40. The van der Waals surface area contributed by atoms with Gasteiger partial charge in [-0.2, -0.15) is 0 Å². The Balaban J connectivity index is 2.39. The van der Waals surface area contributed by atoms with Gasteiger partial charge in [0.25, 0.3) is 0 Å². The highest BCUT2D eigenvalue weighted by Gasteiger charge is 1.96. The molecule has 0 saturated heterocycles. The van der Waals surface area contributed by atoms with Crippen molar-refractivity contribution in [3.63, 3.8) is 0 Å². The lowest BCUT2D eigenvalue weighted by molar-refractivity contribution is -0.253. The molecule has 0 atom stereocenters. The summed E-state index contributed by atoms with van der Waals surface area (Å²) in [6.45, 7) is 1.71. The average Bonchev–Trinajstić information content (AvgIpc) is 2.20. The van der Waals surface area contributed by atoms with E-state index in [1.165, 1.54) is 6.92 Å². The van der Waals surface area contributed by atoms with Crippen LogP contribution in [0, 0.1) is 0 Å². The highest BCUT2D eigenvalue weighted by atomic mass is 17.1. The Morgan fingerprint density at radius 2 is 2.07 bits per heavy atom. The molecule has 0 fully saturated rings. The largest absolute Gasteiger partial charge is 0.473 e. The fraction of sp³-hybridized carbons (Fsp3) is 0.300. The van der Waals surface area contributed by atoms with Gasteiger partial charge >= 0.3 is 0 Å². The highest BCUT2D eigenvalue weighted by molar-refractivity contribution is 5.72. The number of rotatable bonds is 5. The molecule has 0 radical (unpaired) electrons. The third-order valence-corrected chi connectivity index (χ3v) is 1.71. The predicted molar refractivity (Wildman–Crippen MR) is 53.2 cm³/mol. The van der Waals surface area contributed by atoms with Crippen molar-refractivity contribution in [1.82, 2.24) is 5.32 Å². The molecule has 0 saturated carbocycles. The topological polar surface area (TPSA) is 67.8 Å². The van der Waals surface area contributed by atoms with E-state index in [0.29, 0.717) is 5.75 Å². The van der Waals surface area contributed by atoms with Crippen molar-refractivity contribution < 1.29 is 19.7 Å². The van der Waals surface area contributed by atoms with E-state index < -0.39 is 0 Å². The van der Waals surface area contributed by atoms with Crippen molar-refractivity contribution >= 4 is 5.91 Å². The lowest BCUT2D eigenvalue weighted by Gasteiger charge is -2.06. The summed E-state index contributed by atoms with van der Waals surface area (Å²) in [4.78, 5) is 14.5. The van der Waals surface area contributed by atoms with Gasteiger partial charge in [-0.05, 0) is 17.7 Å². The Hall–Kier alpha value is -1.59. The zero-order valence-electron chi connectivity index (χ0n) is 8.40. The minimum absolute atomic E-state index is 0.139. The van der Waals surface area contributed by atoms with Crippen molar-refractivity contribution in [2.45, 2.75) is 13.5 Å². The summed E-state index contributed by atoms with van der Waals surface area (Å²) in [5.74, 6) is 0.505. The Morgan fingerprint density at radius 3 is 2.60 bits per heavy atom. The average molecular weight is 211 g/mol. The first-order chi connectivity index (χ1) is 7.22. The first kappa shape index (κ1) is 11.5. The third-order valence-electron chi connectivity index (χ3n) is 1.71. The van der Waals surface area contributed by atoms with Gasteiger partial charge in [0.05, 0.1) is 0 Å². The first-order valence-electron chi connectivity index (χ1n) is 4.45. The summed E-state index contributed by atoms with van der Waals surface area (Å²) in [6, 6.07) is 6.99. The molecule has 0 aliphatic rings. The standard InChI is InChI=1S/C10H13NO4/c1-8(12)11-7-14-10-4-2-9(3-5-10)6-15-13/h2-5,13H,6-7H2,1H3,(H,11,12). The van der Waals surface area contributed by atoms with Gasteiger partial charge < -0.3 is 10.1 Å². The summed E-state index contributed by atoms with van der Waals surface area (Å²) >= 11 is 0. The number of hydrogen-bond donors (Lipinski definition) is 2. The minimum Gasteiger partial charge on any atom is -0.473 e. The molecule has 0 aromatic heterocycles. The van der Waals surface area contributed by atoms with Gasteiger partial charge in [-0.15, -0.1) is 0 Å². The maximum Gasteiger partial charge on any atom is 0.219 e. The maximum atomic E-state index is 10.5. The molecule has 1 rings (SSSR count). The lowest BCUT2D eigenvalue weighted by Crippen LogP contribution is -2.24. The van der Waals surface area contributed by atoms with Crippen LogP contribution in [0.3, 0.4) is 0 Å². The normalized spacial score (nSPS) is 9.73. The molecule has 1 amide bonds. The molecule has 0 aliphatic heterocycles. The molecule has 0 aliphatic carbocycles.